The van der Waals surface area contributed by atoms with Gasteiger partial charge < -0.3 is 20.1 Å². The van der Waals surface area contributed by atoms with Crippen molar-refractivity contribution in [1.82, 2.24) is 4.90 Å². The molecule has 0 spiro atoms. The Morgan fingerprint density at radius 3 is 2.78 bits per heavy atom. The SMILES string of the molecule is Cc1cccc(OC(F)F)c1NC(=O)N1CCCC1C(C)(C)O. The number of carbonyl (C=O) groups is 1. The molecule has 2 rings (SSSR count). The second kappa shape index (κ2) is 6.70. The second-order valence-electron chi connectivity index (χ2n) is 6.26. The normalized spacial score (nSPS) is 18.4. The highest BCUT2D eigenvalue weighted by molar-refractivity contribution is 5.92. The lowest BCUT2D eigenvalue weighted by molar-refractivity contribution is -0.0493. The average Bonchev–Trinajstić information content (AvgIpc) is 2.91. The predicted octanol–water partition coefficient (Wildman–Crippen LogP) is 3.36. The number of urea groups is 1. The maximum absolute atomic E-state index is 12.5. The van der Waals surface area contributed by atoms with Gasteiger partial charge in [0.25, 0.3) is 0 Å². The molecule has 0 bridgehead atoms. The Balaban J connectivity index is 2.20. The predicted molar refractivity (Wildman–Crippen MR) is 82.9 cm³/mol. The van der Waals surface area contributed by atoms with Gasteiger partial charge in [0.2, 0.25) is 0 Å². The third-order valence-electron chi connectivity index (χ3n) is 4.01. The highest BCUT2D eigenvalue weighted by atomic mass is 19.3. The quantitative estimate of drug-likeness (QED) is 0.891. The van der Waals surface area contributed by atoms with E-state index in [1.165, 1.54) is 6.07 Å². The number of likely N-dealkylation sites (tertiary alicyclic amines) is 1. The first-order valence-corrected chi connectivity index (χ1v) is 7.54. The number of alkyl halides is 2. The standard InChI is InChI=1S/C16H22F2N2O3/c1-10-6-4-7-11(23-14(17)18)13(10)19-15(21)20-9-5-8-12(20)16(2,3)22/h4,6-7,12,14,22H,5,8-9H2,1-3H3,(H,19,21). The molecule has 1 atom stereocenters. The molecule has 1 heterocycles. The maximum Gasteiger partial charge on any atom is 0.387 e. The van der Waals surface area contributed by atoms with Crippen LogP contribution in [0.5, 0.6) is 5.75 Å². The van der Waals surface area contributed by atoms with Crippen LogP contribution in [0, 0.1) is 6.92 Å². The number of ether oxygens (including phenoxy) is 1. The van der Waals surface area contributed by atoms with Crippen molar-refractivity contribution >= 4 is 11.7 Å². The molecule has 1 unspecified atom stereocenters. The number of aryl methyl sites for hydroxylation is 1. The van der Waals surface area contributed by atoms with Crippen molar-refractivity contribution in [3.8, 4) is 5.75 Å². The van der Waals surface area contributed by atoms with Gasteiger partial charge in [0, 0.05) is 6.54 Å². The first-order chi connectivity index (χ1) is 10.7. The highest BCUT2D eigenvalue weighted by Crippen LogP contribution is 2.32. The number of anilines is 1. The van der Waals surface area contributed by atoms with Gasteiger partial charge in [0.15, 0.2) is 0 Å². The summed E-state index contributed by atoms with van der Waals surface area (Å²) < 4.78 is 29.5. The number of nitrogens with zero attached hydrogens (tertiary/aromatic N) is 1. The third kappa shape index (κ3) is 4.10. The van der Waals surface area contributed by atoms with Gasteiger partial charge in [-0.25, -0.2) is 4.79 Å². The van der Waals surface area contributed by atoms with Crippen molar-refractivity contribution in [3.05, 3.63) is 23.8 Å². The molecule has 1 aliphatic heterocycles. The van der Waals surface area contributed by atoms with Crippen LogP contribution in [0.4, 0.5) is 19.3 Å². The number of hydrogen-bond acceptors (Lipinski definition) is 3. The molecular formula is C16H22F2N2O3. The number of hydrogen-bond donors (Lipinski definition) is 2. The van der Waals surface area contributed by atoms with Gasteiger partial charge in [-0.2, -0.15) is 8.78 Å². The monoisotopic (exact) mass is 328 g/mol. The van der Waals surface area contributed by atoms with Crippen LogP contribution in [0.3, 0.4) is 0 Å². The van der Waals surface area contributed by atoms with E-state index >= 15 is 0 Å². The molecule has 1 saturated heterocycles. The zero-order chi connectivity index (χ0) is 17.2. The molecule has 5 nitrogen and oxygen atoms in total. The minimum atomic E-state index is -2.97. The van der Waals surface area contributed by atoms with Gasteiger partial charge in [-0.15, -0.1) is 0 Å². The first kappa shape index (κ1) is 17.5. The lowest BCUT2D eigenvalue weighted by Crippen LogP contribution is -2.49. The summed E-state index contributed by atoms with van der Waals surface area (Å²) in [5.74, 6) is -0.0765. The molecule has 7 heteroatoms. The van der Waals surface area contributed by atoms with Crippen molar-refractivity contribution < 1.29 is 23.4 Å². The van der Waals surface area contributed by atoms with Gasteiger partial charge in [-0.05, 0) is 45.2 Å². The van der Waals surface area contributed by atoms with Gasteiger partial charge in [-0.1, -0.05) is 12.1 Å². The lowest BCUT2D eigenvalue weighted by Gasteiger charge is -2.34. The molecule has 2 amide bonds. The van der Waals surface area contributed by atoms with Gasteiger partial charge in [-0.3, -0.25) is 0 Å². The van der Waals surface area contributed by atoms with E-state index in [0.717, 1.165) is 6.42 Å². The Bertz CT molecular complexity index is 573. The molecular weight excluding hydrogens is 306 g/mol. The van der Waals surface area contributed by atoms with Crippen LogP contribution in [0.1, 0.15) is 32.3 Å². The molecule has 0 aromatic heterocycles. The minimum absolute atomic E-state index is 0.0765. The Morgan fingerprint density at radius 2 is 2.17 bits per heavy atom. The van der Waals surface area contributed by atoms with Gasteiger partial charge in [0.1, 0.15) is 5.75 Å². The van der Waals surface area contributed by atoms with E-state index < -0.39 is 18.2 Å². The Labute approximate surface area is 134 Å². The summed E-state index contributed by atoms with van der Waals surface area (Å²) >= 11 is 0. The minimum Gasteiger partial charge on any atom is -0.433 e. The fourth-order valence-corrected chi connectivity index (χ4v) is 2.92. The zero-order valence-corrected chi connectivity index (χ0v) is 13.5. The molecule has 128 valence electrons. The maximum atomic E-state index is 12.5. The van der Waals surface area contributed by atoms with E-state index in [9.17, 15) is 18.7 Å². The molecule has 1 aromatic carbocycles. The molecule has 0 saturated carbocycles. The molecule has 1 aromatic rings. The van der Waals surface area contributed by atoms with Crippen LogP contribution in [-0.2, 0) is 0 Å². The van der Waals surface area contributed by atoms with Crippen LogP contribution >= 0.6 is 0 Å². The van der Waals surface area contributed by atoms with Gasteiger partial charge >= 0.3 is 12.6 Å². The van der Waals surface area contributed by atoms with Crippen LogP contribution in [0.15, 0.2) is 18.2 Å². The number of rotatable bonds is 4. The Hall–Kier alpha value is -1.89. The summed E-state index contributed by atoms with van der Waals surface area (Å²) in [6.07, 6.45) is 1.49. The topological polar surface area (TPSA) is 61.8 Å². The van der Waals surface area contributed by atoms with Crippen molar-refractivity contribution in [2.75, 3.05) is 11.9 Å². The van der Waals surface area contributed by atoms with Crippen molar-refractivity contribution in [1.29, 1.82) is 0 Å². The number of para-hydroxylation sites is 1. The van der Waals surface area contributed by atoms with Crippen LogP contribution in [0.25, 0.3) is 0 Å². The van der Waals surface area contributed by atoms with Crippen LogP contribution < -0.4 is 10.1 Å². The van der Waals surface area contributed by atoms with Crippen molar-refractivity contribution in [2.24, 2.45) is 0 Å². The summed E-state index contributed by atoms with van der Waals surface area (Å²) in [6, 6.07) is 3.92. The fourth-order valence-electron chi connectivity index (χ4n) is 2.92. The molecule has 23 heavy (non-hydrogen) atoms. The highest BCUT2D eigenvalue weighted by Gasteiger charge is 2.38. The zero-order valence-electron chi connectivity index (χ0n) is 13.5. The summed E-state index contributed by atoms with van der Waals surface area (Å²) in [7, 11) is 0. The molecule has 1 aliphatic rings. The van der Waals surface area contributed by atoms with E-state index in [2.05, 4.69) is 10.1 Å². The molecule has 0 radical (unpaired) electrons. The van der Waals surface area contributed by atoms with E-state index in [4.69, 9.17) is 0 Å². The lowest BCUT2D eigenvalue weighted by atomic mass is 9.97. The second-order valence-corrected chi connectivity index (χ2v) is 6.26. The summed E-state index contributed by atoms with van der Waals surface area (Å²) in [6.45, 7) is 2.55. The molecule has 2 N–H and O–H groups in total. The molecule has 1 fully saturated rings. The number of aliphatic hydroxyl groups is 1. The van der Waals surface area contributed by atoms with E-state index in [1.807, 2.05) is 0 Å². The van der Waals surface area contributed by atoms with Crippen LogP contribution in [0.2, 0.25) is 0 Å². The fraction of sp³-hybridized carbons (Fsp3) is 0.562. The first-order valence-electron chi connectivity index (χ1n) is 7.54. The van der Waals surface area contributed by atoms with Crippen molar-refractivity contribution in [3.63, 3.8) is 0 Å². The Morgan fingerprint density at radius 1 is 1.48 bits per heavy atom. The van der Waals surface area contributed by atoms with Crippen LogP contribution in [-0.4, -0.2) is 40.8 Å². The number of benzene rings is 1. The smallest absolute Gasteiger partial charge is 0.387 e. The number of carbonyl (C=O) groups excluding carboxylic acids is 1. The van der Waals surface area contributed by atoms with E-state index in [-0.39, 0.29) is 17.5 Å². The number of nitrogens with one attached hydrogen (secondary N) is 1. The summed E-state index contributed by atoms with van der Waals surface area (Å²) in [5, 5.41) is 12.8. The largest absolute Gasteiger partial charge is 0.433 e. The average molecular weight is 328 g/mol. The third-order valence-corrected chi connectivity index (χ3v) is 4.01. The summed E-state index contributed by atoms with van der Waals surface area (Å²) in [5.41, 5.74) is -0.184. The van der Waals surface area contributed by atoms with Gasteiger partial charge in [0.05, 0.1) is 17.3 Å². The number of halogens is 2. The van der Waals surface area contributed by atoms with E-state index in [0.29, 0.717) is 18.5 Å². The molecule has 0 aliphatic carbocycles. The number of amides is 2. The summed E-state index contributed by atoms with van der Waals surface area (Å²) in [4.78, 5) is 14.1. The van der Waals surface area contributed by atoms with Crippen molar-refractivity contribution in [2.45, 2.75) is 51.9 Å². The Kier molecular flexibility index (Phi) is 5.09. The van der Waals surface area contributed by atoms with E-state index in [1.54, 1.807) is 37.8 Å².